The Balaban J connectivity index is 3.77. The van der Waals surface area contributed by atoms with Crippen molar-refractivity contribution < 1.29 is 20.1 Å². The van der Waals surface area contributed by atoms with Gasteiger partial charge in [-0.25, -0.2) is 0 Å². The van der Waals surface area contributed by atoms with E-state index in [-0.39, 0.29) is 18.9 Å². The van der Waals surface area contributed by atoms with Gasteiger partial charge in [-0.05, 0) is 44.9 Å². The smallest absolute Gasteiger partial charge is 0.222 e. The van der Waals surface area contributed by atoms with Crippen LogP contribution < -0.4 is 5.32 Å². The molecule has 0 aliphatic heterocycles. The summed E-state index contributed by atoms with van der Waals surface area (Å²) in [6.45, 7) is 4.16. The first-order valence-corrected chi connectivity index (χ1v) is 19.3. The van der Waals surface area contributed by atoms with Crippen LogP contribution in [0.15, 0.2) is 36.5 Å². The summed E-state index contributed by atoms with van der Waals surface area (Å²) in [5.41, 5.74) is 0. The Kier molecular flexibility index (Phi) is 34.3. The molecule has 0 aliphatic carbocycles. The van der Waals surface area contributed by atoms with Crippen LogP contribution in [0.1, 0.15) is 187 Å². The van der Waals surface area contributed by atoms with Crippen molar-refractivity contribution in [2.75, 3.05) is 6.61 Å². The van der Waals surface area contributed by atoms with Gasteiger partial charge in [0.1, 0.15) is 0 Å². The lowest BCUT2D eigenvalue weighted by atomic mass is 10.0. The minimum atomic E-state index is -0.956. The zero-order chi connectivity index (χ0) is 33.1. The second-order valence-electron chi connectivity index (χ2n) is 13.2. The largest absolute Gasteiger partial charge is 0.394 e. The summed E-state index contributed by atoms with van der Waals surface area (Å²) in [4.78, 5) is 12.4. The highest BCUT2D eigenvalue weighted by Gasteiger charge is 2.20. The molecule has 3 unspecified atom stereocenters. The van der Waals surface area contributed by atoms with Gasteiger partial charge >= 0.3 is 0 Å². The second-order valence-corrected chi connectivity index (χ2v) is 13.2. The highest BCUT2D eigenvalue weighted by atomic mass is 16.3. The van der Waals surface area contributed by atoms with Gasteiger partial charge in [0.05, 0.1) is 31.3 Å². The zero-order valence-corrected chi connectivity index (χ0v) is 29.7. The molecule has 5 nitrogen and oxygen atoms in total. The number of amides is 1. The fourth-order valence-corrected chi connectivity index (χ4v) is 5.66. The molecule has 0 heterocycles. The van der Waals surface area contributed by atoms with Gasteiger partial charge in [0.25, 0.3) is 0 Å². The molecule has 264 valence electrons. The number of aliphatic hydroxyl groups is 3. The number of nitrogens with one attached hydrogen (secondary N) is 1. The number of aliphatic hydroxyl groups excluding tert-OH is 3. The van der Waals surface area contributed by atoms with Crippen molar-refractivity contribution >= 4 is 5.91 Å². The van der Waals surface area contributed by atoms with Crippen LogP contribution in [0.4, 0.5) is 0 Å². The van der Waals surface area contributed by atoms with Gasteiger partial charge in [-0.1, -0.05) is 172 Å². The molecule has 0 saturated heterocycles. The van der Waals surface area contributed by atoms with E-state index in [1.807, 2.05) is 6.08 Å². The predicted octanol–water partition coefficient (Wildman–Crippen LogP) is 10.4. The van der Waals surface area contributed by atoms with E-state index in [4.69, 9.17) is 0 Å². The van der Waals surface area contributed by atoms with Crippen molar-refractivity contribution in [2.45, 2.75) is 205 Å². The molecule has 0 aromatic heterocycles. The summed E-state index contributed by atoms with van der Waals surface area (Å²) in [6.07, 6.45) is 42.7. The second kappa shape index (κ2) is 35.4. The van der Waals surface area contributed by atoms with Crippen molar-refractivity contribution in [1.82, 2.24) is 5.32 Å². The zero-order valence-electron chi connectivity index (χ0n) is 29.7. The molecule has 0 aromatic rings. The number of hydrogen-bond donors (Lipinski definition) is 4. The van der Waals surface area contributed by atoms with Crippen LogP contribution in [0.5, 0.6) is 0 Å². The highest BCUT2D eigenvalue weighted by molar-refractivity contribution is 5.76. The van der Waals surface area contributed by atoms with E-state index < -0.39 is 18.2 Å². The number of rotatable bonds is 34. The molecule has 4 N–H and O–H groups in total. The molecular weight excluding hydrogens is 558 g/mol. The number of hydrogen-bond acceptors (Lipinski definition) is 4. The van der Waals surface area contributed by atoms with Crippen LogP contribution in [0, 0.1) is 0 Å². The average Bonchev–Trinajstić information content (AvgIpc) is 3.03. The maximum Gasteiger partial charge on any atom is 0.222 e. The first-order chi connectivity index (χ1) is 22.0. The van der Waals surface area contributed by atoms with Crippen LogP contribution in [-0.4, -0.2) is 46.1 Å². The number of carbonyl (C=O) groups is 1. The Morgan fingerprint density at radius 2 is 0.956 bits per heavy atom. The number of allylic oxidation sites excluding steroid dienone is 5. The molecule has 0 spiro atoms. The summed E-state index contributed by atoms with van der Waals surface area (Å²) in [5.74, 6) is -0.330. The maximum atomic E-state index is 12.4. The first-order valence-electron chi connectivity index (χ1n) is 19.3. The minimum Gasteiger partial charge on any atom is -0.394 e. The molecular formula is C40H75NO4. The van der Waals surface area contributed by atoms with Crippen molar-refractivity contribution in [2.24, 2.45) is 0 Å². The van der Waals surface area contributed by atoms with Crippen LogP contribution in [0.25, 0.3) is 0 Å². The standard InChI is InChI=1S/C40H75NO4/c1-3-5-7-9-11-13-15-17-19-20-21-23-25-27-29-31-33-37(43)35-40(45)41-38(36-42)39(44)34-32-30-28-26-24-22-18-16-14-12-10-8-6-4-2/h14,16,24,26,32,34,37-39,42-44H,3-13,15,17-23,25,27-31,33,35-36H2,1-2H3,(H,41,45)/b16-14+,26-24+,34-32+. The lowest BCUT2D eigenvalue weighted by Gasteiger charge is -2.21. The summed E-state index contributed by atoms with van der Waals surface area (Å²) in [5, 5.41) is 33.0. The van der Waals surface area contributed by atoms with Gasteiger partial charge in [-0.15, -0.1) is 0 Å². The molecule has 3 atom stereocenters. The molecule has 5 heteroatoms. The Morgan fingerprint density at radius 1 is 0.556 bits per heavy atom. The van der Waals surface area contributed by atoms with Crippen LogP contribution in [0.2, 0.25) is 0 Å². The molecule has 0 fully saturated rings. The Labute approximate surface area is 279 Å². The quantitative estimate of drug-likeness (QED) is 0.0419. The Hall–Kier alpha value is -1.43. The van der Waals surface area contributed by atoms with Gasteiger partial charge < -0.3 is 20.6 Å². The molecule has 0 radical (unpaired) electrons. The molecule has 0 rings (SSSR count). The van der Waals surface area contributed by atoms with E-state index in [0.717, 1.165) is 38.5 Å². The highest BCUT2D eigenvalue weighted by Crippen LogP contribution is 2.15. The van der Waals surface area contributed by atoms with Gasteiger partial charge in [0, 0.05) is 0 Å². The SMILES string of the molecule is CCCCCC/C=C/CC/C=C/CC/C=C/C(O)C(CO)NC(=O)CC(O)CCCCCCCCCCCCCCCCCC. The first kappa shape index (κ1) is 43.6. The molecule has 0 saturated carbocycles. The van der Waals surface area contributed by atoms with Crippen molar-refractivity contribution in [3.8, 4) is 0 Å². The van der Waals surface area contributed by atoms with E-state index in [0.29, 0.717) is 6.42 Å². The van der Waals surface area contributed by atoms with Crippen molar-refractivity contribution in [1.29, 1.82) is 0 Å². The van der Waals surface area contributed by atoms with Crippen LogP contribution in [-0.2, 0) is 4.79 Å². The molecule has 0 aliphatic rings. The third-order valence-corrected chi connectivity index (χ3v) is 8.66. The maximum absolute atomic E-state index is 12.4. The fraction of sp³-hybridized carbons (Fsp3) is 0.825. The van der Waals surface area contributed by atoms with Gasteiger partial charge in [0.2, 0.25) is 5.91 Å². The molecule has 0 aromatic carbocycles. The van der Waals surface area contributed by atoms with Gasteiger partial charge in [-0.3, -0.25) is 4.79 Å². The van der Waals surface area contributed by atoms with E-state index in [2.05, 4.69) is 43.5 Å². The summed E-state index contributed by atoms with van der Waals surface area (Å²) < 4.78 is 0. The van der Waals surface area contributed by atoms with Gasteiger partial charge in [0.15, 0.2) is 0 Å². The fourth-order valence-electron chi connectivity index (χ4n) is 5.66. The average molecular weight is 634 g/mol. The van der Waals surface area contributed by atoms with E-state index >= 15 is 0 Å². The normalized spacial score (nSPS) is 14.2. The van der Waals surface area contributed by atoms with Crippen LogP contribution in [0.3, 0.4) is 0 Å². The van der Waals surface area contributed by atoms with E-state index in [1.165, 1.54) is 122 Å². The lowest BCUT2D eigenvalue weighted by molar-refractivity contribution is -0.124. The lowest BCUT2D eigenvalue weighted by Crippen LogP contribution is -2.45. The number of carbonyl (C=O) groups excluding carboxylic acids is 1. The third-order valence-electron chi connectivity index (χ3n) is 8.66. The predicted molar refractivity (Wildman–Crippen MR) is 194 cm³/mol. The van der Waals surface area contributed by atoms with E-state index in [1.54, 1.807) is 6.08 Å². The topological polar surface area (TPSA) is 89.8 Å². The molecule has 0 bridgehead atoms. The van der Waals surface area contributed by atoms with Gasteiger partial charge in [-0.2, -0.15) is 0 Å². The molecule has 1 amide bonds. The number of unbranched alkanes of at least 4 members (excludes halogenated alkanes) is 21. The summed E-state index contributed by atoms with van der Waals surface area (Å²) in [6, 6.07) is -0.763. The summed E-state index contributed by atoms with van der Waals surface area (Å²) in [7, 11) is 0. The minimum absolute atomic E-state index is 0.00448. The Bertz CT molecular complexity index is 704. The monoisotopic (exact) mass is 634 g/mol. The van der Waals surface area contributed by atoms with Crippen molar-refractivity contribution in [3.05, 3.63) is 36.5 Å². The summed E-state index contributed by atoms with van der Waals surface area (Å²) >= 11 is 0. The van der Waals surface area contributed by atoms with E-state index in [9.17, 15) is 20.1 Å². The van der Waals surface area contributed by atoms with Crippen molar-refractivity contribution in [3.63, 3.8) is 0 Å². The third kappa shape index (κ3) is 32.3. The van der Waals surface area contributed by atoms with Crippen LogP contribution >= 0.6 is 0 Å². The molecule has 45 heavy (non-hydrogen) atoms. The Morgan fingerprint density at radius 3 is 1.42 bits per heavy atom.